The van der Waals surface area contributed by atoms with Gasteiger partial charge in [-0.2, -0.15) is 0 Å². The molecular formula is C14H13N3O. The first-order valence-corrected chi connectivity index (χ1v) is 5.89. The minimum Gasteiger partial charge on any atom is -0.310 e. The lowest BCUT2D eigenvalue weighted by atomic mass is 9.98. The second kappa shape index (κ2) is 3.91. The van der Waals surface area contributed by atoms with Gasteiger partial charge in [0.2, 0.25) is 5.91 Å². The number of nitrogens with zero attached hydrogens (tertiary/aromatic N) is 2. The highest BCUT2D eigenvalue weighted by Gasteiger charge is 2.28. The number of fused-ring (bicyclic) bond motifs is 1. The topological polar surface area (TPSA) is 54.9 Å². The van der Waals surface area contributed by atoms with Gasteiger partial charge in [-0.05, 0) is 37.6 Å². The van der Waals surface area contributed by atoms with Crippen LogP contribution in [0.25, 0.3) is 11.1 Å². The Labute approximate surface area is 105 Å². The third-order valence-electron chi connectivity index (χ3n) is 3.34. The van der Waals surface area contributed by atoms with E-state index in [1.54, 1.807) is 12.4 Å². The molecule has 1 aliphatic heterocycles. The zero-order valence-corrected chi connectivity index (χ0v) is 10.3. The molecule has 90 valence electrons. The summed E-state index contributed by atoms with van der Waals surface area (Å²) in [6.07, 6.45) is 3.52. The SMILES string of the molecule is Cc1nc2c(cc1-c1ccncc1)[C@H](C)C(=O)N2. The van der Waals surface area contributed by atoms with Crippen LogP contribution in [0.4, 0.5) is 5.82 Å². The van der Waals surface area contributed by atoms with E-state index in [-0.39, 0.29) is 11.8 Å². The van der Waals surface area contributed by atoms with Crippen LogP contribution in [0.5, 0.6) is 0 Å². The largest absolute Gasteiger partial charge is 0.310 e. The van der Waals surface area contributed by atoms with E-state index in [0.717, 1.165) is 22.4 Å². The van der Waals surface area contributed by atoms with Crippen molar-refractivity contribution in [3.63, 3.8) is 0 Å². The highest BCUT2D eigenvalue weighted by atomic mass is 16.2. The fraction of sp³-hybridized carbons (Fsp3) is 0.214. The van der Waals surface area contributed by atoms with Crippen LogP contribution in [0.15, 0.2) is 30.6 Å². The lowest BCUT2D eigenvalue weighted by Crippen LogP contribution is -2.08. The third-order valence-corrected chi connectivity index (χ3v) is 3.34. The Morgan fingerprint density at radius 1 is 1.28 bits per heavy atom. The monoisotopic (exact) mass is 239 g/mol. The van der Waals surface area contributed by atoms with Crippen LogP contribution in [-0.4, -0.2) is 15.9 Å². The predicted octanol–water partition coefficient (Wildman–Crippen LogP) is 2.51. The number of anilines is 1. The normalized spacial score (nSPS) is 17.4. The molecular weight excluding hydrogens is 226 g/mol. The summed E-state index contributed by atoms with van der Waals surface area (Å²) in [7, 11) is 0. The van der Waals surface area contributed by atoms with Crippen molar-refractivity contribution < 1.29 is 4.79 Å². The highest BCUT2D eigenvalue weighted by Crippen LogP contribution is 2.35. The summed E-state index contributed by atoms with van der Waals surface area (Å²) in [4.78, 5) is 20.1. The number of aryl methyl sites for hydroxylation is 1. The van der Waals surface area contributed by atoms with Crippen molar-refractivity contribution in [1.29, 1.82) is 0 Å². The Balaban J connectivity index is 2.17. The summed E-state index contributed by atoms with van der Waals surface area (Å²) in [6.45, 7) is 3.85. The van der Waals surface area contributed by atoms with Gasteiger partial charge in [-0.3, -0.25) is 9.78 Å². The number of carbonyl (C=O) groups excluding carboxylic acids is 1. The Bertz CT molecular complexity index is 622. The minimum absolute atomic E-state index is 0.0174. The molecule has 18 heavy (non-hydrogen) atoms. The van der Waals surface area contributed by atoms with Crippen LogP contribution in [0, 0.1) is 6.92 Å². The number of rotatable bonds is 1. The van der Waals surface area contributed by atoms with Gasteiger partial charge >= 0.3 is 0 Å². The van der Waals surface area contributed by atoms with Crippen molar-refractivity contribution in [2.24, 2.45) is 0 Å². The van der Waals surface area contributed by atoms with Gasteiger partial charge in [-0.15, -0.1) is 0 Å². The molecule has 0 saturated carbocycles. The third kappa shape index (κ3) is 1.57. The molecule has 1 aliphatic rings. The molecule has 0 unspecified atom stereocenters. The fourth-order valence-corrected chi connectivity index (χ4v) is 2.24. The van der Waals surface area contributed by atoms with Gasteiger partial charge in [0.25, 0.3) is 0 Å². The number of carbonyl (C=O) groups is 1. The van der Waals surface area contributed by atoms with E-state index in [9.17, 15) is 4.79 Å². The van der Waals surface area contributed by atoms with E-state index in [2.05, 4.69) is 21.4 Å². The quantitative estimate of drug-likeness (QED) is 0.831. The number of hydrogen-bond donors (Lipinski definition) is 1. The molecule has 2 aromatic rings. The zero-order chi connectivity index (χ0) is 12.7. The zero-order valence-electron chi connectivity index (χ0n) is 10.3. The van der Waals surface area contributed by atoms with Crippen molar-refractivity contribution in [3.05, 3.63) is 41.9 Å². The molecule has 0 spiro atoms. The summed E-state index contributed by atoms with van der Waals surface area (Å²) < 4.78 is 0. The molecule has 1 N–H and O–H groups in total. The molecule has 2 aromatic heterocycles. The smallest absolute Gasteiger partial charge is 0.232 e. The van der Waals surface area contributed by atoms with Crippen LogP contribution >= 0.6 is 0 Å². The van der Waals surface area contributed by atoms with Crippen molar-refractivity contribution in [2.45, 2.75) is 19.8 Å². The van der Waals surface area contributed by atoms with E-state index < -0.39 is 0 Å². The molecule has 0 aromatic carbocycles. The van der Waals surface area contributed by atoms with Crippen molar-refractivity contribution in [3.8, 4) is 11.1 Å². The van der Waals surface area contributed by atoms with Gasteiger partial charge in [0.1, 0.15) is 5.82 Å². The summed E-state index contributed by atoms with van der Waals surface area (Å²) in [5.41, 5.74) is 4.01. The molecule has 1 amide bonds. The average molecular weight is 239 g/mol. The molecule has 0 radical (unpaired) electrons. The van der Waals surface area contributed by atoms with Gasteiger partial charge in [0.15, 0.2) is 0 Å². The molecule has 0 fully saturated rings. The molecule has 0 bridgehead atoms. The van der Waals surface area contributed by atoms with Crippen LogP contribution < -0.4 is 5.32 Å². The first kappa shape index (κ1) is 10.9. The highest BCUT2D eigenvalue weighted by molar-refractivity contribution is 6.02. The predicted molar refractivity (Wildman–Crippen MR) is 69.2 cm³/mol. The van der Waals surface area contributed by atoms with E-state index in [4.69, 9.17) is 0 Å². The molecule has 0 aliphatic carbocycles. The summed E-state index contributed by atoms with van der Waals surface area (Å²) in [6, 6.07) is 5.95. The first-order valence-electron chi connectivity index (χ1n) is 5.89. The summed E-state index contributed by atoms with van der Waals surface area (Å²) in [5, 5.41) is 2.80. The Hall–Kier alpha value is -2.23. The maximum absolute atomic E-state index is 11.6. The molecule has 0 saturated heterocycles. The van der Waals surface area contributed by atoms with E-state index in [1.165, 1.54) is 0 Å². The maximum Gasteiger partial charge on any atom is 0.232 e. The Kier molecular flexibility index (Phi) is 2.37. The Morgan fingerprint density at radius 3 is 2.72 bits per heavy atom. The second-order valence-corrected chi connectivity index (χ2v) is 4.51. The average Bonchev–Trinajstić information content (AvgIpc) is 2.65. The van der Waals surface area contributed by atoms with Crippen molar-refractivity contribution in [1.82, 2.24) is 9.97 Å². The molecule has 3 heterocycles. The molecule has 4 nitrogen and oxygen atoms in total. The number of aromatic nitrogens is 2. The van der Waals surface area contributed by atoms with Crippen LogP contribution in [0.1, 0.15) is 24.1 Å². The maximum atomic E-state index is 11.6. The fourth-order valence-electron chi connectivity index (χ4n) is 2.24. The van der Waals surface area contributed by atoms with Crippen molar-refractivity contribution in [2.75, 3.05) is 5.32 Å². The molecule has 1 atom stereocenters. The number of nitrogens with one attached hydrogen (secondary N) is 1. The molecule has 4 heteroatoms. The van der Waals surface area contributed by atoms with E-state index in [1.807, 2.05) is 26.0 Å². The van der Waals surface area contributed by atoms with Gasteiger partial charge in [0.05, 0.1) is 5.92 Å². The van der Waals surface area contributed by atoms with Crippen LogP contribution in [-0.2, 0) is 4.79 Å². The summed E-state index contributed by atoms with van der Waals surface area (Å²) in [5.74, 6) is 0.584. The lowest BCUT2D eigenvalue weighted by Gasteiger charge is -2.09. The van der Waals surface area contributed by atoms with Crippen LogP contribution in [0.3, 0.4) is 0 Å². The second-order valence-electron chi connectivity index (χ2n) is 4.51. The minimum atomic E-state index is -0.131. The van der Waals surface area contributed by atoms with E-state index in [0.29, 0.717) is 5.82 Å². The van der Waals surface area contributed by atoms with Gasteiger partial charge < -0.3 is 5.32 Å². The summed E-state index contributed by atoms with van der Waals surface area (Å²) >= 11 is 0. The molecule has 3 rings (SSSR count). The number of amides is 1. The van der Waals surface area contributed by atoms with E-state index >= 15 is 0 Å². The van der Waals surface area contributed by atoms with Gasteiger partial charge in [-0.25, -0.2) is 4.98 Å². The first-order chi connectivity index (χ1) is 8.66. The Morgan fingerprint density at radius 2 is 2.00 bits per heavy atom. The lowest BCUT2D eigenvalue weighted by molar-refractivity contribution is -0.116. The number of hydrogen-bond acceptors (Lipinski definition) is 3. The standard InChI is InChI=1S/C14H13N3O/c1-8-11-7-12(10-3-5-15-6-4-10)9(2)16-13(11)17-14(8)18/h3-8H,1-2H3,(H,16,17,18)/t8-/m0/s1. The number of pyridine rings is 2. The van der Waals surface area contributed by atoms with Gasteiger partial charge in [0, 0.05) is 29.2 Å². The van der Waals surface area contributed by atoms with Crippen molar-refractivity contribution >= 4 is 11.7 Å². The van der Waals surface area contributed by atoms with Gasteiger partial charge in [-0.1, -0.05) is 0 Å². The van der Waals surface area contributed by atoms with Crippen LogP contribution in [0.2, 0.25) is 0 Å².